The van der Waals surface area contributed by atoms with Crippen LogP contribution in [0, 0.1) is 13.8 Å². The topological polar surface area (TPSA) is 38.0 Å². The van der Waals surface area contributed by atoms with Crippen molar-refractivity contribution in [3.8, 4) is 0 Å². The number of allylic oxidation sites excluding steroid dienone is 5. The van der Waals surface area contributed by atoms with Crippen LogP contribution in [0.5, 0.6) is 0 Å². The molecule has 1 aliphatic rings. The van der Waals surface area contributed by atoms with Crippen molar-refractivity contribution in [2.45, 2.75) is 140 Å². The first kappa shape index (κ1) is 47.2. The van der Waals surface area contributed by atoms with E-state index >= 15 is 0 Å². The van der Waals surface area contributed by atoms with Gasteiger partial charge in [-0.05, 0) is 98.5 Å². The summed E-state index contributed by atoms with van der Waals surface area (Å²) in [6.45, 7) is 33.8. The van der Waals surface area contributed by atoms with Crippen molar-refractivity contribution in [1.29, 1.82) is 0 Å². The lowest BCUT2D eigenvalue weighted by molar-refractivity contribution is 0.745. The molecule has 0 aromatic heterocycles. The van der Waals surface area contributed by atoms with E-state index in [1.807, 2.05) is 0 Å². The summed E-state index contributed by atoms with van der Waals surface area (Å²) >= 11 is 0. The fourth-order valence-electron chi connectivity index (χ4n) is 3.81. The minimum Gasteiger partial charge on any atom is -0.405 e. The largest absolute Gasteiger partial charge is 0.405 e. The Morgan fingerprint density at radius 3 is 1.76 bits per heavy atom. The lowest BCUT2D eigenvalue weighted by atomic mass is 9.96. The summed E-state index contributed by atoms with van der Waals surface area (Å²) in [6, 6.07) is 15.1. The van der Waals surface area contributed by atoms with E-state index in [1.54, 1.807) is 0 Å². The van der Waals surface area contributed by atoms with E-state index in [4.69, 9.17) is 0 Å². The van der Waals surface area contributed by atoms with Crippen molar-refractivity contribution >= 4 is 11.3 Å². The smallest absolute Gasteiger partial charge is 0.0340 e. The number of nitrogens with two attached hydrogens (primary N) is 1. The molecule has 2 aromatic rings. The minimum absolute atomic E-state index is 1.00. The minimum atomic E-state index is 1.00. The summed E-state index contributed by atoms with van der Waals surface area (Å²) in [4.78, 5) is 0. The Bertz CT molecular complexity index is 1080. The van der Waals surface area contributed by atoms with Gasteiger partial charge >= 0.3 is 0 Å². The van der Waals surface area contributed by atoms with Gasteiger partial charge in [0.15, 0.2) is 0 Å². The van der Waals surface area contributed by atoms with Gasteiger partial charge in [-0.3, -0.25) is 0 Å². The number of hydrogen-bond acceptors (Lipinski definition) is 2. The third-order valence-electron chi connectivity index (χ3n) is 7.17. The highest BCUT2D eigenvalue weighted by molar-refractivity contribution is 5.76. The average Bonchev–Trinajstić information content (AvgIpc) is 3.60. The Hall–Kier alpha value is -3.26. The van der Waals surface area contributed by atoms with Crippen LogP contribution >= 0.6 is 0 Å². The van der Waals surface area contributed by atoms with Crippen LogP contribution in [0.25, 0.3) is 11.3 Å². The predicted molar refractivity (Wildman–Crippen MR) is 215 cm³/mol. The van der Waals surface area contributed by atoms with Crippen LogP contribution < -0.4 is 11.1 Å². The number of unbranched alkanes of at least 4 members (excludes halogenated alkanes) is 4. The van der Waals surface area contributed by atoms with Crippen LogP contribution in [0.4, 0.5) is 0 Å². The molecule has 46 heavy (non-hydrogen) atoms. The Balaban J connectivity index is -0.000000571. The molecule has 0 atom stereocenters. The van der Waals surface area contributed by atoms with Gasteiger partial charge in [0.05, 0.1) is 0 Å². The van der Waals surface area contributed by atoms with Crippen LogP contribution in [-0.4, -0.2) is 6.54 Å². The maximum atomic E-state index is 4.61. The van der Waals surface area contributed by atoms with Crippen LogP contribution in [0.1, 0.15) is 147 Å². The van der Waals surface area contributed by atoms with E-state index in [9.17, 15) is 0 Å². The van der Waals surface area contributed by atoms with Crippen LogP contribution in [0.2, 0.25) is 0 Å². The second-order valence-corrected chi connectivity index (χ2v) is 11.7. The molecule has 0 aliphatic heterocycles. The van der Waals surface area contributed by atoms with E-state index in [-0.39, 0.29) is 0 Å². The van der Waals surface area contributed by atoms with Crippen molar-refractivity contribution in [2.75, 3.05) is 6.54 Å². The van der Waals surface area contributed by atoms with E-state index < -0.39 is 0 Å². The molecular weight excluding hydrogens is 556 g/mol. The number of rotatable bonds is 12. The van der Waals surface area contributed by atoms with Gasteiger partial charge in [0, 0.05) is 12.2 Å². The molecule has 0 amide bonds. The highest BCUT2D eigenvalue weighted by Gasteiger charge is 2.08. The molecule has 0 bridgehead atoms. The maximum absolute atomic E-state index is 4.61. The summed E-state index contributed by atoms with van der Waals surface area (Å²) < 4.78 is 0. The monoisotopic (exact) mass is 631 g/mol. The Morgan fingerprint density at radius 1 is 0.804 bits per heavy atom. The van der Waals surface area contributed by atoms with Crippen molar-refractivity contribution in [2.24, 2.45) is 5.73 Å². The normalized spacial score (nSPS) is 10.3. The average molecular weight is 631 g/mol. The zero-order valence-electron chi connectivity index (χ0n) is 32.0. The standard InChI is InChI=1S/C18H23N.C9H12.C7H14.2C4H10.C2H5N/c1-4-5-12-19-15(3)17-11-10-14(2)18(13-17)16-8-6-7-9-16;1-3-9-7-5-4-6-8(9)2;1-4-5-6-7(2)3;2*1-3-4-2;1-2-3/h6-8,10-11,13,19H,3-5,9,12H2,1-2H3;4-7H,3H2,1-2H3;2,4-6H2,1,3H3;2*3-4H2,1-2H3;2H,1,3H2. The van der Waals surface area contributed by atoms with Gasteiger partial charge in [-0.2, -0.15) is 0 Å². The highest BCUT2D eigenvalue weighted by Crippen LogP contribution is 2.28. The molecule has 260 valence electrons. The fourth-order valence-corrected chi connectivity index (χ4v) is 3.81. The Labute approximate surface area is 288 Å². The molecule has 0 saturated heterocycles. The van der Waals surface area contributed by atoms with Gasteiger partial charge in [-0.15, -0.1) is 6.58 Å². The van der Waals surface area contributed by atoms with Crippen molar-refractivity contribution in [1.82, 2.24) is 5.32 Å². The van der Waals surface area contributed by atoms with Crippen molar-refractivity contribution < 1.29 is 0 Å². The third kappa shape index (κ3) is 27.1. The molecule has 0 saturated carbocycles. The van der Waals surface area contributed by atoms with E-state index in [0.717, 1.165) is 25.1 Å². The van der Waals surface area contributed by atoms with Gasteiger partial charge in [0.25, 0.3) is 0 Å². The summed E-state index contributed by atoms with van der Waals surface area (Å²) in [7, 11) is 0. The van der Waals surface area contributed by atoms with Crippen LogP contribution in [-0.2, 0) is 6.42 Å². The maximum Gasteiger partial charge on any atom is 0.0340 e. The second-order valence-electron chi connectivity index (χ2n) is 11.7. The van der Waals surface area contributed by atoms with E-state index in [0.29, 0.717) is 0 Å². The molecule has 2 nitrogen and oxygen atoms in total. The predicted octanol–water partition coefficient (Wildman–Crippen LogP) is 13.7. The van der Waals surface area contributed by atoms with Crippen molar-refractivity contribution in [3.63, 3.8) is 0 Å². The first-order valence-electron chi connectivity index (χ1n) is 18.0. The molecule has 3 rings (SSSR count). The van der Waals surface area contributed by atoms with Gasteiger partial charge in [0.1, 0.15) is 0 Å². The van der Waals surface area contributed by atoms with Gasteiger partial charge < -0.3 is 11.1 Å². The first-order chi connectivity index (χ1) is 22.1. The molecule has 1 aliphatic carbocycles. The molecule has 0 fully saturated rings. The Kier molecular flexibility index (Phi) is 35.5. The fraction of sp³-hybridized carbons (Fsp3) is 0.500. The highest BCUT2D eigenvalue weighted by atomic mass is 14.9. The zero-order valence-corrected chi connectivity index (χ0v) is 32.0. The molecule has 3 N–H and O–H groups in total. The summed E-state index contributed by atoms with van der Waals surface area (Å²) in [6.07, 6.45) is 21.4. The summed E-state index contributed by atoms with van der Waals surface area (Å²) in [5.41, 5.74) is 15.1. The molecule has 2 aromatic carbocycles. The van der Waals surface area contributed by atoms with E-state index in [2.05, 4.69) is 161 Å². The van der Waals surface area contributed by atoms with Crippen molar-refractivity contribution in [3.05, 3.63) is 120 Å². The zero-order chi connectivity index (χ0) is 35.6. The van der Waals surface area contributed by atoms with Gasteiger partial charge in [-0.1, -0.05) is 160 Å². The van der Waals surface area contributed by atoms with Crippen LogP contribution in [0.3, 0.4) is 0 Å². The quantitative estimate of drug-likeness (QED) is 0.181. The number of nitrogens with one attached hydrogen (secondary N) is 1. The van der Waals surface area contributed by atoms with Crippen LogP contribution in [0.15, 0.2) is 92.2 Å². The molecule has 0 heterocycles. The molecule has 2 heteroatoms. The SMILES string of the molecule is C=C(C)CCCC.C=C(NCCCC)c1ccc(C)c(C2=CC=CC2)c1.C=CN.CCCC.CCCC.CCc1ccccc1C. The number of aryl methyl sites for hydroxylation is 3. The second kappa shape index (κ2) is 34.6. The third-order valence-corrected chi connectivity index (χ3v) is 7.17. The summed E-state index contributed by atoms with van der Waals surface area (Å²) in [5.74, 6) is 0. The Morgan fingerprint density at radius 2 is 1.37 bits per heavy atom. The lowest BCUT2D eigenvalue weighted by Crippen LogP contribution is -2.12. The number of benzene rings is 2. The molecule has 0 spiro atoms. The first-order valence-corrected chi connectivity index (χ1v) is 18.0. The summed E-state index contributed by atoms with van der Waals surface area (Å²) in [5, 5.41) is 3.41. The molecular formula is C44H74N2. The molecule has 0 unspecified atom stereocenters. The van der Waals surface area contributed by atoms with E-state index in [1.165, 1.54) is 103 Å². The van der Waals surface area contributed by atoms with Gasteiger partial charge in [0.2, 0.25) is 0 Å². The number of hydrogen-bond donors (Lipinski definition) is 2. The van der Waals surface area contributed by atoms with Gasteiger partial charge in [-0.25, -0.2) is 0 Å². The lowest BCUT2D eigenvalue weighted by Gasteiger charge is -2.13. The molecule has 0 radical (unpaired) electrons.